The van der Waals surface area contributed by atoms with Crippen molar-refractivity contribution in [2.24, 2.45) is 0 Å². The molecule has 1 amide bonds. The normalized spacial score (nSPS) is 12.2. The number of carbonyl (C=O) groups is 1. The summed E-state index contributed by atoms with van der Waals surface area (Å²) in [4.78, 5) is 13.1. The Balaban J connectivity index is 1.87. The molecule has 0 aliphatic rings. The molecule has 0 aliphatic heterocycles. The minimum Gasteiger partial charge on any atom is -0.494 e. The van der Waals surface area contributed by atoms with Gasteiger partial charge in [-0.15, -0.1) is 0 Å². The lowest BCUT2D eigenvalue weighted by Crippen LogP contribution is -2.45. The van der Waals surface area contributed by atoms with Crippen LogP contribution >= 0.6 is 23.2 Å². The lowest BCUT2D eigenvalue weighted by atomic mass is 10.1. The van der Waals surface area contributed by atoms with Gasteiger partial charge in [0, 0.05) is 0 Å². The van der Waals surface area contributed by atoms with Crippen LogP contribution in [-0.2, 0) is 21.2 Å². The van der Waals surface area contributed by atoms with E-state index in [1.165, 1.54) is 12.1 Å². The third-order valence-corrected chi connectivity index (χ3v) is 6.67. The van der Waals surface area contributed by atoms with Crippen molar-refractivity contribution in [1.82, 2.24) is 4.72 Å². The van der Waals surface area contributed by atoms with Crippen molar-refractivity contribution < 1.29 is 17.9 Å². The zero-order valence-electron chi connectivity index (χ0n) is 17.2. The van der Waals surface area contributed by atoms with E-state index in [4.69, 9.17) is 27.9 Å². The SMILES string of the molecule is CCOc1ccc(S(=O)(=O)N[C@H](Cc2ccccc2)C(=O)Nc2c(Cl)cccc2Cl)cc1. The Bertz CT molecular complexity index is 1150. The van der Waals surface area contributed by atoms with Crippen LogP contribution in [0.4, 0.5) is 5.69 Å². The van der Waals surface area contributed by atoms with E-state index < -0.39 is 22.0 Å². The van der Waals surface area contributed by atoms with E-state index in [0.717, 1.165) is 5.56 Å². The van der Waals surface area contributed by atoms with Gasteiger partial charge in [-0.2, -0.15) is 4.72 Å². The first-order valence-corrected chi connectivity index (χ1v) is 12.1. The first kappa shape index (κ1) is 24.1. The molecule has 6 nitrogen and oxygen atoms in total. The van der Waals surface area contributed by atoms with Crippen LogP contribution in [-0.4, -0.2) is 27.0 Å². The third kappa shape index (κ3) is 6.23. The van der Waals surface area contributed by atoms with E-state index in [2.05, 4.69) is 10.0 Å². The van der Waals surface area contributed by atoms with E-state index in [-0.39, 0.29) is 27.0 Å². The topological polar surface area (TPSA) is 84.5 Å². The molecule has 0 radical (unpaired) electrons. The maximum Gasteiger partial charge on any atom is 0.242 e. The highest BCUT2D eigenvalue weighted by Crippen LogP contribution is 2.30. The molecule has 0 heterocycles. The van der Waals surface area contributed by atoms with Gasteiger partial charge in [-0.1, -0.05) is 59.6 Å². The Morgan fingerprint density at radius 1 is 0.938 bits per heavy atom. The molecule has 0 bridgehead atoms. The van der Waals surface area contributed by atoms with Crippen LogP contribution in [0, 0.1) is 0 Å². The predicted octanol–water partition coefficient (Wildman–Crippen LogP) is 4.92. The molecule has 32 heavy (non-hydrogen) atoms. The zero-order chi connectivity index (χ0) is 23.1. The van der Waals surface area contributed by atoms with Gasteiger partial charge in [0.15, 0.2) is 0 Å². The van der Waals surface area contributed by atoms with Crippen molar-refractivity contribution >= 4 is 44.8 Å². The maximum absolute atomic E-state index is 13.1. The van der Waals surface area contributed by atoms with Crippen LogP contribution in [0.3, 0.4) is 0 Å². The average Bonchev–Trinajstić information content (AvgIpc) is 2.77. The number of hydrogen-bond acceptors (Lipinski definition) is 4. The molecule has 0 fully saturated rings. The second-order valence-corrected chi connectivity index (χ2v) is 9.38. The molecule has 1 atom stereocenters. The predicted molar refractivity (Wildman–Crippen MR) is 127 cm³/mol. The Kier molecular flexibility index (Phi) is 8.15. The van der Waals surface area contributed by atoms with Gasteiger partial charge in [0.1, 0.15) is 11.8 Å². The van der Waals surface area contributed by atoms with E-state index >= 15 is 0 Å². The number of sulfonamides is 1. The van der Waals surface area contributed by atoms with Crippen LogP contribution < -0.4 is 14.8 Å². The molecular formula is C23H22Cl2N2O4S. The Labute approximate surface area is 197 Å². The number of amides is 1. The summed E-state index contributed by atoms with van der Waals surface area (Å²) in [6, 6.07) is 18.8. The van der Waals surface area contributed by atoms with E-state index in [9.17, 15) is 13.2 Å². The second kappa shape index (κ2) is 10.8. The van der Waals surface area contributed by atoms with Crippen LogP contribution in [0.1, 0.15) is 12.5 Å². The van der Waals surface area contributed by atoms with Crippen molar-refractivity contribution in [3.8, 4) is 5.75 Å². The number of anilines is 1. The highest BCUT2D eigenvalue weighted by atomic mass is 35.5. The standard InChI is InChI=1S/C23H22Cl2N2O4S/c1-2-31-17-11-13-18(14-12-17)32(29,30)27-21(15-16-7-4-3-5-8-16)23(28)26-22-19(24)9-6-10-20(22)25/h3-14,21,27H,2,15H2,1H3,(H,26,28)/t21-/m1/s1. The van der Waals surface area contributed by atoms with Crippen LogP contribution in [0.5, 0.6) is 5.75 Å². The van der Waals surface area contributed by atoms with Crippen molar-refractivity contribution in [3.63, 3.8) is 0 Å². The molecule has 0 saturated carbocycles. The van der Waals surface area contributed by atoms with Crippen molar-refractivity contribution in [1.29, 1.82) is 0 Å². The number of carbonyl (C=O) groups excluding carboxylic acids is 1. The molecule has 0 aromatic heterocycles. The van der Waals surface area contributed by atoms with Crippen molar-refractivity contribution in [3.05, 3.63) is 88.4 Å². The minimum atomic E-state index is -4.00. The molecule has 0 spiro atoms. The molecule has 0 aliphatic carbocycles. The zero-order valence-corrected chi connectivity index (χ0v) is 19.5. The maximum atomic E-state index is 13.1. The number of ether oxygens (including phenoxy) is 1. The molecule has 9 heteroatoms. The lowest BCUT2D eigenvalue weighted by molar-refractivity contribution is -0.117. The molecule has 0 saturated heterocycles. The highest BCUT2D eigenvalue weighted by Gasteiger charge is 2.27. The van der Waals surface area contributed by atoms with Crippen LogP contribution in [0.15, 0.2) is 77.7 Å². The fraction of sp³-hybridized carbons (Fsp3) is 0.174. The van der Waals surface area contributed by atoms with Crippen LogP contribution in [0.2, 0.25) is 10.0 Å². The molecule has 0 unspecified atom stereocenters. The monoisotopic (exact) mass is 492 g/mol. The lowest BCUT2D eigenvalue weighted by Gasteiger charge is -2.20. The largest absolute Gasteiger partial charge is 0.494 e. The number of rotatable bonds is 9. The Morgan fingerprint density at radius 3 is 2.16 bits per heavy atom. The van der Waals surface area contributed by atoms with E-state index in [1.807, 2.05) is 37.3 Å². The number of benzene rings is 3. The van der Waals surface area contributed by atoms with E-state index in [1.54, 1.807) is 30.3 Å². The van der Waals surface area contributed by atoms with Gasteiger partial charge >= 0.3 is 0 Å². The highest BCUT2D eigenvalue weighted by molar-refractivity contribution is 7.89. The Hall–Kier alpha value is -2.58. The number of nitrogens with one attached hydrogen (secondary N) is 2. The summed E-state index contributed by atoms with van der Waals surface area (Å²) in [5, 5.41) is 3.15. The summed E-state index contributed by atoms with van der Waals surface area (Å²) in [7, 11) is -4.00. The molecule has 3 rings (SSSR count). The fourth-order valence-corrected chi connectivity index (χ4v) is 4.69. The van der Waals surface area contributed by atoms with E-state index in [0.29, 0.717) is 12.4 Å². The molecule has 3 aromatic carbocycles. The Morgan fingerprint density at radius 2 is 1.56 bits per heavy atom. The third-order valence-electron chi connectivity index (χ3n) is 4.55. The smallest absolute Gasteiger partial charge is 0.242 e. The molecule has 3 aromatic rings. The molecule has 2 N–H and O–H groups in total. The number of para-hydroxylation sites is 1. The number of halogens is 2. The summed E-state index contributed by atoms with van der Waals surface area (Å²) >= 11 is 12.3. The first-order chi connectivity index (χ1) is 15.3. The van der Waals surface area contributed by atoms with Gasteiger partial charge in [0.2, 0.25) is 15.9 Å². The van der Waals surface area contributed by atoms with Gasteiger partial charge in [-0.25, -0.2) is 8.42 Å². The quantitative estimate of drug-likeness (QED) is 0.443. The fourth-order valence-electron chi connectivity index (χ4n) is 3.00. The minimum absolute atomic E-state index is 0.0163. The molecule has 168 valence electrons. The van der Waals surface area contributed by atoms with Crippen molar-refractivity contribution in [2.75, 3.05) is 11.9 Å². The van der Waals surface area contributed by atoms with Gasteiger partial charge in [0.05, 0.1) is 27.2 Å². The molecular weight excluding hydrogens is 471 g/mol. The van der Waals surface area contributed by atoms with Gasteiger partial charge in [-0.05, 0) is 55.3 Å². The average molecular weight is 493 g/mol. The summed E-state index contributed by atoms with van der Waals surface area (Å²) in [6.07, 6.45) is 0.130. The van der Waals surface area contributed by atoms with Crippen molar-refractivity contribution in [2.45, 2.75) is 24.3 Å². The summed E-state index contributed by atoms with van der Waals surface area (Å²) < 4.78 is 33.9. The van der Waals surface area contributed by atoms with Gasteiger partial charge in [-0.3, -0.25) is 4.79 Å². The van der Waals surface area contributed by atoms with Gasteiger partial charge < -0.3 is 10.1 Å². The van der Waals surface area contributed by atoms with Gasteiger partial charge in [0.25, 0.3) is 0 Å². The summed E-state index contributed by atoms with van der Waals surface area (Å²) in [5.74, 6) is -0.0308. The summed E-state index contributed by atoms with van der Waals surface area (Å²) in [5.41, 5.74) is 1.01. The second-order valence-electron chi connectivity index (χ2n) is 6.85. The number of hydrogen-bond donors (Lipinski definition) is 2. The first-order valence-electron chi connectivity index (χ1n) is 9.84. The summed E-state index contributed by atoms with van der Waals surface area (Å²) in [6.45, 7) is 2.30. The van der Waals surface area contributed by atoms with Crippen LogP contribution in [0.25, 0.3) is 0 Å².